The highest BCUT2D eigenvalue weighted by atomic mass is 16.5. The summed E-state index contributed by atoms with van der Waals surface area (Å²) in [5, 5.41) is 11.2. The van der Waals surface area contributed by atoms with Crippen LogP contribution < -0.4 is 15.6 Å². The van der Waals surface area contributed by atoms with E-state index < -0.39 is 0 Å². The molecule has 0 saturated carbocycles. The van der Waals surface area contributed by atoms with Gasteiger partial charge in [0.1, 0.15) is 5.56 Å². The van der Waals surface area contributed by atoms with Crippen molar-refractivity contribution in [2.24, 2.45) is 0 Å². The summed E-state index contributed by atoms with van der Waals surface area (Å²) in [6.07, 6.45) is 0. The minimum Gasteiger partial charge on any atom is -0.493 e. The Morgan fingerprint density at radius 1 is 1.40 bits per heavy atom. The van der Waals surface area contributed by atoms with E-state index in [4.69, 9.17) is 19.3 Å². The maximum atomic E-state index is 12.0. The predicted octanol–water partition coefficient (Wildman–Crippen LogP) is 1.30. The Hall–Kier alpha value is -2.34. The van der Waals surface area contributed by atoms with Crippen molar-refractivity contribution in [1.29, 1.82) is 5.41 Å². The Kier molecular flexibility index (Phi) is 4.37. The molecule has 20 heavy (non-hydrogen) atoms. The van der Waals surface area contributed by atoms with Crippen LogP contribution in [0.25, 0.3) is 11.0 Å². The second kappa shape index (κ2) is 6.21. The van der Waals surface area contributed by atoms with Crippen LogP contribution in [0.1, 0.15) is 10.4 Å². The van der Waals surface area contributed by atoms with Crippen LogP contribution in [0.15, 0.2) is 28.7 Å². The first-order valence-electron chi connectivity index (χ1n) is 6.10. The number of benzene rings is 1. The van der Waals surface area contributed by atoms with Crippen LogP contribution in [0.4, 0.5) is 0 Å². The normalized spacial score (nSPS) is 10.5. The molecule has 2 aromatic rings. The van der Waals surface area contributed by atoms with E-state index in [1.165, 1.54) is 7.11 Å². The van der Waals surface area contributed by atoms with Gasteiger partial charge in [-0.05, 0) is 12.1 Å². The maximum Gasteiger partial charge on any atom is 0.256 e. The Balaban J connectivity index is 2.38. The fourth-order valence-electron chi connectivity index (χ4n) is 1.83. The van der Waals surface area contributed by atoms with Gasteiger partial charge in [-0.2, -0.15) is 0 Å². The summed E-state index contributed by atoms with van der Waals surface area (Å²) < 4.78 is 15.4. The van der Waals surface area contributed by atoms with E-state index in [2.05, 4.69) is 5.32 Å². The molecule has 106 valence electrons. The lowest BCUT2D eigenvalue weighted by Gasteiger charge is -2.07. The molecule has 0 saturated heterocycles. The third-order valence-corrected chi connectivity index (χ3v) is 2.81. The first-order chi connectivity index (χ1) is 9.67. The summed E-state index contributed by atoms with van der Waals surface area (Å²) in [4.78, 5) is 12.0. The molecule has 1 aromatic carbocycles. The molecule has 0 radical (unpaired) electrons. The second-order valence-electron chi connectivity index (χ2n) is 4.12. The minimum absolute atomic E-state index is 0.182. The molecule has 0 spiro atoms. The van der Waals surface area contributed by atoms with Crippen molar-refractivity contribution in [3.8, 4) is 5.75 Å². The van der Waals surface area contributed by atoms with Crippen LogP contribution in [0.5, 0.6) is 5.75 Å². The molecule has 6 nitrogen and oxygen atoms in total. The highest BCUT2D eigenvalue weighted by Gasteiger charge is 2.12. The lowest BCUT2D eigenvalue weighted by Crippen LogP contribution is -2.30. The van der Waals surface area contributed by atoms with Gasteiger partial charge in [0, 0.05) is 19.0 Å². The van der Waals surface area contributed by atoms with Gasteiger partial charge in [0.15, 0.2) is 11.3 Å². The molecule has 1 heterocycles. The third kappa shape index (κ3) is 2.80. The number of fused-ring (bicyclic) bond motifs is 1. The van der Waals surface area contributed by atoms with Crippen molar-refractivity contribution in [2.45, 2.75) is 0 Å². The van der Waals surface area contributed by atoms with E-state index in [-0.39, 0.29) is 17.0 Å². The summed E-state index contributed by atoms with van der Waals surface area (Å²) in [6.45, 7) is 0.794. The molecular weight excluding hydrogens is 260 g/mol. The average molecular weight is 276 g/mol. The molecule has 0 aliphatic rings. The zero-order valence-electron chi connectivity index (χ0n) is 11.4. The van der Waals surface area contributed by atoms with Gasteiger partial charge in [-0.25, -0.2) is 0 Å². The number of rotatable bonds is 5. The predicted molar refractivity (Wildman–Crippen MR) is 72.8 cm³/mol. The molecule has 1 amide bonds. The van der Waals surface area contributed by atoms with Gasteiger partial charge in [0.25, 0.3) is 5.91 Å². The summed E-state index contributed by atoms with van der Waals surface area (Å²) in [5.41, 5.74) is 0.437. The number of para-hydroxylation sites is 1. The van der Waals surface area contributed by atoms with Gasteiger partial charge in [-0.15, -0.1) is 0 Å². The molecule has 0 fully saturated rings. The van der Waals surface area contributed by atoms with Crippen LogP contribution in [-0.4, -0.2) is 33.3 Å². The molecule has 0 unspecified atom stereocenters. The standard InChI is InChI=1S/C14H16N2O4/c1-18-7-6-16-14(17)10-8-9-4-3-5-11(19-2)12(9)20-13(10)15/h3-5,8,15H,6-7H2,1-2H3,(H,16,17). The number of hydrogen-bond donors (Lipinski definition) is 2. The number of ether oxygens (including phenoxy) is 2. The van der Waals surface area contributed by atoms with Crippen LogP contribution in [0.2, 0.25) is 0 Å². The van der Waals surface area contributed by atoms with E-state index >= 15 is 0 Å². The molecule has 1 aromatic heterocycles. The van der Waals surface area contributed by atoms with Crippen LogP contribution in [0.3, 0.4) is 0 Å². The van der Waals surface area contributed by atoms with Gasteiger partial charge in [-0.1, -0.05) is 12.1 Å². The van der Waals surface area contributed by atoms with E-state index in [9.17, 15) is 4.79 Å². The Morgan fingerprint density at radius 2 is 2.20 bits per heavy atom. The highest BCUT2D eigenvalue weighted by Crippen LogP contribution is 2.24. The van der Waals surface area contributed by atoms with Gasteiger partial charge >= 0.3 is 0 Å². The van der Waals surface area contributed by atoms with Gasteiger partial charge < -0.3 is 19.2 Å². The zero-order valence-corrected chi connectivity index (χ0v) is 11.4. The molecule has 2 rings (SSSR count). The maximum absolute atomic E-state index is 12.0. The number of methoxy groups -OCH3 is 2. The smallest absolute Gasteiger partial charge is 0.256 e. The molecule has 0 atom stereocenters. The first-order valence-corrected chi connectivity index (χ1v) is 6.10. The molecule has 0 aliphatic carbocycles. The van der Waals surface area contributed by atoms with Crippen molar-refractivity contribution in [3.05, 3.63) is 35.4 Å². The largest absolute Gasteiger partial charge is 0.493 e. The average Bonchev–Trinajstić information content (AvgIpc) is 2.46. The van der Waals surface area contributed by atoms with Crippen molar-refractivity contribution < 1.29 is 18.7 Å². The lowest BCUT2D eigenvalue weighted by atomic mass is 10.1. The highest BCUT2D eigenvalue weighted by molar-refractivity contribution is 5.97. The first kappa shape index (κ1) is 14.1. The van der Waals surface area contributed by atoms with Crippen molar-refractivity contribution in [1.82, 2.24) is 5.32 Å². The SMILES string of the molecule is COCCNC(=O)c1cc2cccc(OC)c2oc1=N. The summed E-state index contributed by atoms with van der Waals surface area (Å²) in [6, 6.07) is 6.95. The Labute approximate surface area is 115 Å². The topological polar surface area (TPSA) is 84.6 Å². The van der Waals surface area contributed by atoms with Crippen molar-refractivity contribution in [3.63, 3.8) is 0 Å². The van der Waals surface area contributed by atoms with Gasteiger partial charge in [0.2, 0.25) is 5.55 Å². The van der Waals surface area contributed by atoms with Gasteiger partial charge in [0.05, 0.1) is 13.7 Å². The van der Waals surface area contributed by atoms with E-state index in [1.807, 2.05) is 0 Å². The number of carbonyl (C=O) groups excluding carboxylic acids is 1. The Bertz CT molecular complexity index is 678. The fourth-order valence-corrected chi connectivity index (χ4v) is 1.83. The van der Waals surface area contributed by atoms with Crippen molar-refractivity contribution >= 4 is 16.9 Å². The zero-order chi connectivity index (χ0) is 14.5. The second-order valence-corrected chi connectivity index (χ2v) is 4.12. The molecule has 2 N–H and O–H groups in total. The molecule has 0 bridgehead atoms. The number of carbonyl (C=O) groups is 1. The van der Waals surface area contributed by atoms with E-state index in [0.717, 1.165) is 0 Å². The summed E-state index contributed by atoms with van der Waals surface area (Å²) in [5.74, 6) is 0.169. The van der Waals surface area contributed by atoms with Crippen LogP contribution in [-0.2, 0) is 4.74 Å². The quantitative estimate of drug-likeness (QED) is 0.806. The monoisotopic (exact) mass is 276 g/mol. The lowest BCUT2D eigenvalue weighted by molar-refractivity contribution is 0.0933. The molecule has 0 aliphatic heterocycles. The third-order valence-electron chi connectivity index (χ3n) is 2.81. The minimum atomic E-state index is -0.361. The van der Waals surface area contributed by atoms with E-state index in [0.29, 0.717) is 29.9 Å². The fraction of sp³-hybridized carbons (Fsp3) is 0.286. The molecule has 6 heteroatoms. The van der Waals surface area contributed by atoms with Crippen LogP contribution in [0, 0.1) is 5.41 Å². The summed E-state index contributed by atoms with van der Waals surface area (Å²) >= 11 is 0. The summed E-state index contributed by atoms with van der Waals surface area (Å²) in [7, 11) is 3.08. The number of amides is 1. The van der Waals surface area contributed by atoms with Crippen molar-refractivity contribution in [2.75, 3.05) is 27.4 Å². The van der Waals surface area contributed by atoms with E-state index in [1.54, 1.807) is 31.4 Å². The molecular formula is C14H16N2O4. The number of nitrogens with one attached hydrogen (secondary N) is 2. The van der Waals surface area contributed by atoms with Crippen LogP contribution >= 0.6 is 0 Å². The van der Waals surface area contributed by atoms with Gasteiger partial charge in [-0.3, -0.25) is 10.2 Å². The Morgan fingerprint density at radius 3 is 2.90 bits per heavy atom. The number of hydrogen-bond acceptors (Lipinski definition) is 5.